The molecule has 0 saturated heterocycles. The third kappa shape index (κ3) is 2.42. The van der Waals surface area contributed by atoms with Crippen molar-refractivity contribution >= 4 is 5.91 Å². The fourth-order valence-corrected chi connectivity index (χ4v) is 1.99. The molecule has 3 N–H and O–H groups in total. The molecule has 1 saturated carbocycles. The molecule has 0 aliphatic heterocycles. The molecule has 1 aromatic rings. The van der Waals surface area contributed by atoms with Crippen LogP contribution in [0.1, 0.15) is 28.8 Å². The molecule has 0 bridgehead atoms. The van der Waals surface area contributed by atoms with Gasteiger partial charge < -0.3 is 15.7 Å². The van der Waals surface area contributed by atoms with Crippen LogP contribution in [0.15, 0.2) is 18.2 Å². The molecule has 0 aromatic heterocycles. The number of benzene rings is 1. The number of phenols is 1. The van der Waals surface area contributed by atoms with Gasteiger partial charge >= 0.3 is 0 Å². The van der Waals surface area contributed by atoms with Crippen molar-refractivity contribution in [1.82, 2.24) is 4.90 Å². The zero-order chi connectivity index (χ0) is 12.4. The minimum atomic E-state index is -0.0219. The van der Waals surface area contributed by atoms with Crippen molar-refractivity contribution in [2.24, 2.45) is 5.73 Å². The Morgan fingerprint density at radius 1 is 1.53 bits per heavy atom. The van der Waals surface area contributed by atoms with Crippen molar-refractivity contribution in [1.29, 1.82) is 0 Å². The van der Waals surface area contributed by atoms with Gasteiger partial charge in [0, 0.05) is 30.3 Å². The van der Waals surface area contributed by atoms with Crippen molar-refractivity contribution in [2.75, 3.05) is 13.1 Å². The van der Waals surface area contributed by atoms with Crippen molar-refractivity contribution in [3.8, 4) is 5.75 Å². The lowest BCUT2D eigenvalue weighted by atomic mass is 10.1. The SMILES string of the molecule is Cc1c(O)cccc1C(=O)N(CCN)C1CC1. The molecule has 0 radical (unpaired) electrons. The monoisotopic (exact) mass is 234 g/mol. The number of carbonyl (C=O) groups is 1. The molecule has 4 heteroatoms. The van der Waals surface area contributed by atoms with E-state index in [9.17, 15) is 9.90 Å². The number of amides is 1. The van der Waals surface area contributed by atoms with E-state index < -0.39 is 0 Å². The van der Waals surface area contributed by atoms with E-state index in [2.05, 4.69) is 0 Å². The summed E-state index contributed by atoms with van der Waals surface area (Å²) in [6, 6.07) is 5.39. The second-order valence-electron chi connectivity index (χ2n) is 4.47. The van der Waals surface area contributed by atoms with Gasteiger partial charge in [0.25, 0.3) is 5.91 Å². The number of hydrogen-bond donors (Lipinski definition) is 2. The Kier molecular flexibility index (Phi) is 3.33. The highest BCUT2D eigenvalue weighted by Gasteiger charge is 2.33. The Morgan fingerprint density at radius 3 is 2.82 bits per heavy atom. The molecule has 1 aliphatic rings. The summed E-state index contributed by atoms with van der Waals surface area (Å²) in [6.45, 7) is 2.81. The van der Waals surface area contributed by atoms with Crippen molar-refractivity contribution < 1.29 is 9.90 Å². The normalized spacial score (nSPS) is 14.7. The van der Waals surface area contributed by atoms with E-state index in [-0.39, 0.29) is 11.7 Å². The Bertz CT molecular complexity index is 427. The maximum atomic E-state index is 12.3. The maximum Gasteiger partial charge on any atom is 0.254 e. The Balaban J connectivity index is 2.25. The summed E-state index contributed by atoms with van der Waals surface area (Å²) in [7, 11) is 0. The highest BCUT2D eigenvalue weighted by molar-refractivity contribution is 5.96. The quantitative estimate of drug-likeness (QED) is 0.824. The highest BCUT2D eigenvalue weighted by Crippen LogP contribution is 2.29. The smallest absolute Gasteiger partial charge is 0.254 e. The van der Waals surface area contributed by atoms with Gasteiger partial charge in [-0.3, -0.25) is 4.79 Å². The lowest BCUT2D eigenvalue weighted by molar-refractivity contribution is 0.0747. The minimum absolute atomic E-state index is 0.0219. The van der Waals surface area contributed by atoms with Crippen LogP contribution in [0, 0.1) is 6.92 Å². The molecule has 1 fully saturated rings. The first-order valence-corrected chi connectivity index (χ1v) is 5.94. The Labute approximate surface area is 101 Å². The van der Waals surface area contributed by atoms with Gasteiger partial charge in [-0.05, 0) is 31.9 Å². The van der Waals surface area contributed by atoms with Crippen molar-refractivity contribution in [3.63, 3.8) is 0 Å². The molecule has 4 nitrogen and oxygen atoms in total. The lowest BCUT2D eigenvalue weighted by Crippen LogP contribution is -2.37. The van der Waals surface area contributed by atoms with E-state index in [1.807, 2.05) is 4.90 Å². The van der Waals surface area contributed by atoms with Crippen molar-refractivity contribution in [3.05, 3.63) is 29.3 Å². The molecule has 17 heavy (non-hydrogen) atoms. The summed E-state index contributed by atoms with van der Waals surface area (Å²) in [4.78, 5) is 14.2. The lowest BCUT2D eigenvalue weighted by Gasteiger charge is -2.22. The molecular weight excluding hydrogens is 216 g/mol. The summed E-state index contributed by atoms with van der Waals surface area (Å²) in [5.41, 5.74) is 6.75. The molecule has 0 atom stereocenters. The molecule has 2 rings (SSSR count). The predicted molar refractivity (Wildman–Crippen MR) is 66.0 cm³/mol. The van der Waals surface area contributed by atoms with E-state index in [0.717, 1.165) is 12.8 Å². The zero-order valence-corrected chi connectivity index (χ0v) is 10.0. The number of hydrogen-bond acceptors (Lipinski definition) is 3. The number of rotatable bonds is 4. The number of phenolic OH excluding ortho intramolecular Hbond substituents is 1. The van der Waals surface area contributed by atoms with Crippen molar-refractivity contribution in [2.45, 2.75) is 25.8 Å². The van der Waals surface area contributed by atoms with Crippen LogP contribution in [0.4, 0.5) is 0 Å². The van der Waals surface area contributed by atoms with Gasteiger partial charge in [-0.1, -0.05) is 6.07 Å². The maximum absolute atomic E-state index is 12.3. The first-order valence-electron chi connectivity index (χ1n) is 5.94. The van der Waals surface area contributed by atoms with E-state index in [4.69, 9.17) is 5.73 Å². The van der Waals surface area contributed by atoms with Crippen LogP contribution in [0.3, 0.4) is 0 Å². The summed E-state index contributed by atoms with van der Waals surface area (Å²) in [5, 5.41) is 9.62. The molecule has 0 heterocycles. The summed E-state index contributed by atoms with van der Waals surface area (Å²) < 4.78 is 0. The third-order valence-corrected chi connectivity index (χ3v) is 3.15. The predicted octanol–water partition coefficient (Wildman–Crippen LogP) is 1.26. The van der Waals surface area contributed by atoms with E-state index >= 15 is 0 Å². The first kappa shape index (κ1) is 11.9. The first-order chi connectivity index (χ1) is 8.15. The number of aromatic hydroxyl groups is 1. The fraction of sp³-hybridized carbons (Fsp3) is 0.462. The molecular formula is C13H18N2O2. The Morgan fingerprint density at radius 2 is 2.24 bits per heavy atom. The van der Waals surface area contributed by atoms with E-state index in [1.165, 1.54) is 0 Å². The fourth-order valence-electron chi connectivity index (χ4n) is 1.99. The number of nitrogens with two attached hydrogens (primary N) is 1. The molecule has 0 spiro atoms. The van der Waals surface area contributed by atoms with Crippen LogP contribution >= 0.6 is 0 Å². The van der Waals surface area contributed by atoms with E-state index in [0.29, 0.717) is 30.3 Å². The third-order valence-electron chi connectivity index (χ3n) is 3.15. The Hall–Kier alpha value is -1.55. The van der Waals surface area contributed by atoms with Gasteiger partial charge in [0.1, 0.15) is 5.75 Å². The molecule has 1 amide bonds. The summed E-state index contributed by atoms with van der Waals surface area (Å²) in [6.07, 6.45) is 2.12. The van der Waals surface area contributed by atoms with Gasteiger partial charge in [-0.2, -0.15) is 0 Å². The molecule has 1 aliphatic carbocycles. The second-order valence-corrected chi connectivity index (χ2v) is 4.47. The van der Waals surface area contributed by atoms with Gasteiger partial charge in [0.05, 0.1) is 0 Å². The minimum Gasteiger partial charge on any atom is -0.508 e. The van der Waals surface area contributed by atoms with Crippen LogP contribution in [-0.4, -0.2) is 35.0 Å². The van der Waals surface area contributed by atoms with Gasteiger partial charge in [-0.25, -0.2) is 0 Å². The van der Waals surface area contributed by atoms with Crippen LogP contribution in [0.5, 0.6) is 5.75 Å². The average molecular weight is 234 g/mol. The van der Waals surface area contributed by atoms with Crippen LogP contribution in [-0.2, 0) is 0 Å². The van der Waals surface area contributed by atoms with Gasteiger partial charge in [-0.15, -0.1) is 0 Å². The number of nitrogens with zero attached hydrogens (tertiary/aromatic N) is 1. The van der Waals surface area contributed by atoms with Gasteiger partial charge in [0.15, 0.2) is 0 Å². The van der Waals surface area contributed by atoms with Gasteiger partial charge in [0.2, 0.25) is 0 Å². The van der Waals surface area contributed by atoms with Crippen LogP contribution < -0.4 is 5.73 Å². The van der Waals surface area contributed by atoms with Crippen LogP contribution in [0.2, 0.25) is 0 Å². The summed E-state index contributed by atoms with van der Waals surface area (Å²) >= 11 is 0. The summed E-state index contributed by atoms with van der Waals surface area (Å²) in [5.74, 6) is 0.144. The molecule has 92 valence electrons. The average Bonchev–Trinajstić information content (AvgIpc) is 3.13. The van der Waals surface area contributed by atoms with E-state index in [1.54, 1.807) is 25.1 Å². The number of carbonyl (C=O) groups excluding carboxylic acids is 1. The topological polar surface area (TPSA) is 66.6 Å². The van der Waals surface area contributed by atoms with Crippen LogP contribution in [0.25, 0.3) is 0 Å². The molecule has 1 aromatic carbocycles. The molecule has 0 unspecified atom stereocenters. The largest absolute Gasteiger partial charge is 0.508 e. The second kappa shape index (κ2) is 4.75. The zero-order valence-electron chi connectivity index (χ0n) is 10.0. The standard InChI is InChI=1S/C13H18N2O2/c1-9-11(3-2-4-12(9)16)13(17)15(8-7-14)10-5-6-10/h2-4,10,16H,5-8,14H2,1H3. The highest BCUT2D eigenvalue weighted by atomic mass is 16.3.